The molecule has 1 aromatic carbocycles. The average Bonchev–Trinajstić information content (AvgIpc) is 2.80. The number of hydrogen-bond donors (Lipinski definition) is 3. The highest BCUT2D eigenvalue weighted by molar-refractivity contribution is 5.90. The maximum Gasteiger partial charge on any atom is 0.319 e. The second-order valence-electron chi connectivity index (χ2n) is 4.65. The zero-order valence-corrected chi connectivity index (χ0v) is 10.4. The number of halogens is 1. The molecular formula is C13H16FN3O2. The van der Waals surface area contributed by atoms with Crippen LogP contribution in [0.3, 0.4) is 0 Å². The number of nitrogens with two attached hydrogens (primary N) is 1. The predicted octanol–water partition coefficient (Wildman–Crippen LogP) is 1.60. The van der Waals surface area contributed by atoms with Gasteiger partial charge in [0.05, 0.1) is 5.92 Å². The van der Waals surface area contributed by atoms with E-state index in [1.54, 1.807) is 0 Å². The van der Waals surface area contributed by atoms with Crippen molar-refractivity contribution in [1.82, 2.24) is 5.32 Å². The number of anilines is 1. The summed E-state index contributed by atoms with van der Waals surface area (Å²) in [5.74, 6) is -1.06. The lowest BCUT2D eigenvalue weighted by atomic mass is 10.0. The fraction of sp³-hybridized carbons (Fsp3) is 0.385. The molecule has 3 amide bonds. The summed E-state index contributed by atoms with van der Waals surface area (Å²) in [6.45, 7) is 0. The fourth-order valence-electron chi connectivity index (χ4n) is 2.34. The SMILES string of the molecule is NC(=O)[C@H]1CCC[C@@H]1NC(=O)Nc1ccc(F)cc1. The van der Waals surface area contributed by atoms with Gasteiger partial charge >= 0.3 is 6.03 Å². The van der Waals surface area contributed by atoms with Gasteiger partial charge in [0.15, 0.2) is 0 Å². The van der Waals surface area contributed by atoms with Crippen LogP contribution in [0.5, 0.6) is 0 Å². The van der Waals surface area contributed by atoms with E-state index in [1.807, 2.05) is 0 Å². The first kappa shape index (κ1) is 13.3. The Kier molecular flexibility index (Phi) is 3.99. The number of hydrogen-bond acceptors (Lipinski definition) is 2. The average molecular weight is 265 g/mol. The van der Waals surface area contributed by atoms with Gasteiger partial charge in [-0.2, -0.15) is 0 Å². The summed E-state index contributed by atoms with van der Waals surface area (Å²) >= 11 is 0. The minimum absolute atomic E-state index is 0.224. The molecule has 0 radical (unpaired) electrons. The Bertz CT molecular complexity index is 475. The molecule has 0 unspecified atom stereocenters. The van der Waals surface area contributed by atoms with E-state index in [9.17, 15) is 14.0 Å². The lowest BCUT2D eigenvalue weighted by Crippen LogP contribution is -2.44. The minimum atomic E-state index is -0.412. The van der Waals surface area contributed by atoms with E-state index in [0.717, 1.165) is 12.8 Å². The zero-order chi connectivity index (χ0) is 13.8. The van der Waals surface area contributed by atoms with Crippen LogP contribution in [-0.2, 0) is 4.79 Å². The lowest BCUT2D eigenvalue weighted by molar-refractivity contribution is -0.122. The van der Waals surface area contributed by atoms with Gasteiger partial charge in [-0.3, -0.25) is 4.79 Å². The first-order valence-corrected chi connectivity index (χ1v) is 6.18. The van der Waals surface area contributed by atoms with Crippen LogP contribution < -0.4 is 16.4 Å². The number of benzene rings is 1. The van der Waals surface area contributed by atoms with Crippen LogP contribution in [-0.4, -0.2) is 18.0 Å². The van der Waals surface area contributed by atoms with Crippen LogP contribution in [0, 0.1) is 11.7 Å². The van der Waals surface area contributed by atoms with Crippen LogP contribution >= 0.6 is 0 Å². The molecule has 0 heterocycles. The fourth-order valence-corrected chi connectivity index (χ4v) is 2.34. The molecule has 0 spiro atoms. The van der Waals surface area contributed by atoms with E-state index in [-0.39, 0.29) is 23.7 Å². The highest BCUT2D eigenvalue weighted by atomic mass is 19.1. The largest absolute Gasteiger partial charge is 0.369 e. The molecule has 0 aromatic heterocycles. The molecule has 19 heavy (non-hydrogen) atoms. The van der Waals surface area contributed by atoms with Crippen LogP contribution in [0.2, 0.25) is 0 Å². The summed E-state index contributed by atoms with van der Waals surface area (Å²) in [7, 11) is 0. The van der Waals surface area contributed by atoms with Crippen molar-refractivity contribution in [3.05, 3.63) is 30.1 Å². The van der Waals surface area contributed by atoms with Gasteiger partial charge in [0.2, 0.25) is 5.91 Å². The molecule has 0 saturated heterocycles. The zero-order valence-electron chi connectivity index (χ0n) is 10.4. The third-order valence-corrected chi connectivity index (χ3v) is 3.30. The molecule has 5 nitrogen and oxygen atoms in total. The van der Waals surface area contributed by atoms with E-state index in [2.05, 4.69) is 10.6 Å². The Hall–Kier alpha value is -2.11. The molecule has 102 valence electrons. The van der Waals surface area contributed by atoms with Crippen molar-refractivity contribution in [3.8, 4) is 0 Å². The number of carbonyl (C=O) groups is 2. The van der Waals surface area contributed by atoms with Crippen molar-refractivity contribution in [1.29, 1.82) is 0 Å². The van der Waals surface area contributed by atoms with Gasteiger partial charge in [0.1, 0.15) is 5.82 Å². The first-order chi connectivity index (χ1) is 9.06. The summed E-state index contributed by atoms with van der Waals surface area (Å²) in [6, 6.07) is 4.82. The Morgan fingerprint density at radius 3 is 2.53 bits per heavy atom. The molecule has 6 heteroatoms. The monoisotopic (exact) mass is 265 g/mol. The molecule has 2 rings (SSSR count). The summed E-state index contributed by atoms with van der Waals surface area (Å²) in [4.78, 5) is 23.0. The van der Waals surface area contributed by atoms with E-state index in [0.29, 0.717) is 12.1 Å². The van der Waals surface area contributed by atoms with Gasteiger partial charge in [-0.15, -0.1) is 0 Å². The summed E-state index contributed by atoms with van der Waals surface area (Å²) in [5.41, 5.74) is 5.77. The van der Waals surface area contributed by atoms with Crippen LogP contribution in [0.4, 0.5) is 14.9 Å². The molecule has 1 aromatic rings. The van der Waals surface area contributed by atoms with Crippen molar-refractivity contribution in [2.45, 2.75) is 25.3 Å². The molecule has 0 aliphatic heterocycles. The Morgan fingerprint density at radius 2 is 1.89 bits per heavy atom. The van der Waals surface area contributed by atoms with Gasteiger partial charge < -0.3 is 16.4 Å². The lowest BCUT2D eigenvalue weighted by Gasteiger charge is -2.18. The second-order valence-corrected chi connectivity index (χ2v) is 4.65. The Balaban J connectivity index is 1.90. The maximum absolute atomic E-state index is 12.7. The minimum Gasteiger partial charge on any atom is -0.369 e. The van der Waals surface area contributed by atoms with Gasteiger partial charge in [0.25, 0.3) is 0 Å². The highest BCUT2D eigenvalue weighted by Gasteiger charge is 2.32. The quantitative estimate of drug-likeness (QED) is 0.775. The van der Waals surface area contributed by atoms with Crippen molar-refractivity contribution in [3.63, 3.8) is 0 Å². The van der Waals surface area contributed by atoms with Gasteiger partial charge in [-0.25, -0.2) is 9.18 Å². The van der Waals surface area contributed by atoms with Crippen molar-refractivity contribution >= 4 is 17.6 Å². The molecule has 1 aliphatic carbocycles. The number of amides is 3. The van der Waals surface area contributed by atoms with Crippen molar-refractivity contribution in [2.24, 2.45) is 11.7 Å². The summed E-state index contributed by atoms with van der Waals surface area (Å²) in [5, 5.41) is 5.32. The Morgan fingerprint density at radius 1 is 1.21 bits per heavy atom. The molecule has 1 aliphatic rings. The van der Waals surface area contributed by atoms with Crippen LogP contribution in [0.25, 0.3) is 0 Å². The molecule has 1 fully saturated rings. The van der Waals surface area contributed by atoms with E-state index < -0.39 is 6.03 Å². The highest BCUT2D eigenvalue weighted by Crippen LogP contribution is 2.25. The number of carbonyl (C=O) groups excluding carboxylic acids is 2. The number of primary amides is 1. The molecule has 4 N–H and O–H groups in total. The first-order valence-electron chi connectivity index (χ1n) is 6.18. The predicted molar refractivity (Wildman–Crippen MR) is 68.9 cm³/mol. The Labute approximate surface area is 110 Å². The van der Waals surface area contributed by atoms with Gasteiger partial charge in [0, 0.05) is 11.7 Å². The number of nitrogens with one attached hydrogen (secondary N) is 2. The smallest absolute Gasteiger partial charge is 0.319 e. The van der Waals surface area contributed by atoms with E-state index in [4.69, 9.17) is 5.73 Å². The van der Waals surface area contributed by atoms with E-state index in [1.165, 1.54) is 24.3 Å². The molecule has 2 atom stereocenters. The molecule has 0 bridgehead atoms. The van der Waals surface area contributed by atoms with Crippen LogP contribution in [0.15, 0.2) is 24.3 Å². The van der Waals surface area contributed by atoms with E-state index >= 15 is 0 Å². The van der Waals surface area contributed by atoms with Gasteiger partial charge in [-0.05, 0) is 37.1 Å². The molecular weight excluding hydrogens is 249 g/mol. The van der Waals surface area contributed by atoms with Crippen molar-refractivity contribution in [2.75, 3.05) is 5.32 Å². The second kappa shape index (κ2) is 5.69. The normalized spacial score (nSPS) is 21.9. The standard InChI is InChI=1S/C13H16FN3O2/c14-8-4-6-9(7-5-8)16-13(19)17-11-3-1-2-10(11)12(15)18/h4-7,10-11H,1-3H2,(H2,15,18)(H2,16,17,19)/t10-,11-/m0/s1. The number of urea groups is 1. The summed E-state index contributed by atoms with van der Waals surface area (Å²) in [6.07, 6.45) is 2.32. The maximum atomic E-state index is 12.7. The summed E-state index contributed by atoms with van der Waals surface area (Å²) < 4.78 is 12.7. The number of rotatable bonds is 3. The van der Waals surface area contributed by atoms with Gasteiger partial charge in [-0.1, -0.05) is 6.42 Å². The topological polar surface area (TPSA) is 84.2 Å². The van der Waals surface area contributed by atoms with Crippen LogP contribution in [0.1, 0.15) is 19.3 Å². The van der Waals surface area contributed by atoms with Crippen molar-refractivity contribution < 1.29 is 14.0 Å². The third-order valence-electron chi connectivity index (χ3n) is 3.30. The molecule has 1 saturated carbocycles. The third kappa shape index (κ3) is 3.43.